The van der Waals surface area contributed by atoms with Crippen LogP contribution in [0.2, 0.25) is 0 Å². The SMILES string of the molecule is CCCCCON(C(=O)[C@@H](NC(=O)[C@H]1CCCCN1C)[C@@H](C)CC)[C@H](C[C@@H](OC(C)=O)c1nc(C(=O)N[C@@H](Cc2ccc(NC(=O)CNC(=O)[C@H](Cc3ccccc3)NC(=O)CNC(=O)CNC(=O)CCC(=O)N3Cc4ccccc4/C(CC)=C\c4ccccc43)cc2)CC(C)(C)C(=O)O)cs1)C(C)C. The van der Waals surface area contributed by atoms with Crippen molar-refractivity contribution in [3.05, 3.63) is 147 Å². The van der Waals surface area contributed by atoms with Crippen molar-refractivity contribution in [2.45, 2.75) is 195 Å². The molecule has 25 nitrogen and oxygen atoms in total. The Labute approximate surface area is 620 Å². The van der Waals surface area contributed by atoms with Crippen molar-refractivity contribution in [2.75, 3.05) is 50.1 Å². The Balaban J connectivity index is 0.932. The number of hydroxylamine groups is 2. The molecule has 105 heavy (non-hydrogen) atoms. The molecule has 5 aromatic rings. The van der Waals surface area contributed by atoms with E-state index < -0.39 is 109 Å². The molecular weight excluding hydrogens is 1360 g/mol. The second-order valence-electron chi connectivity index (χ2n) is 28.1. The molecule has 1 fully saturated rings. The van der Waals surface area contributed by atoms with Crippen LogP contribution < -0.4 is 42.1 Å². The van der Waals surface area contributed by atoms with Gasteiger partial charge in [-0.15, -0.1) is 11.3 Å². The number of benzene rings is 4. The molecule has 7 rings (SSSR count). The van der Waals surface area contributed by atoms with Crippen LogP contribution >= 0.6 is 11.3 Å². The van der Waals surface area contributed by atoms with E-state index in [2.05, 4.69) is 62.1 Å². The van der Waals surface area contributed by atoms with Gasteiger partial charge in [0.05, 0.1) is 56.0 Å². The number of nitrogens with one attached hydrogen (secondary N) is 7. The van der Waals surface area contributed by atoms with Gasteiger partial charge in [-0.1, -0.05) is 152 Å². The highest BCUT2D eigenvalue weighted by Crippen LogP contribution is 2.36. The summed E-state index contributed by atoms with van der Waals surface area (Å²) >= 11 is 1.08. The van der Waals surface area contributed by atoms with Gasteiger partial charge >= 0.3 is 11.9 Å². The summed E-state index contributed by atoms with van der Waals surface area (Å²) in [5, 5.41) is 32.4. The molecule has 0 aliphatic carbocycles. The number of carboxylic acids is 1. The van der Waals surface area contributed by atoms with E-state index in [4.69, 9.17) is 9.57 Å². The van der Waals surface area contributed by atoms with Gasteiger partial charge in [-0.3, -0.25) is 62.5 Å². The minimum Gasteiger partial charge on any atom is -0.481 e. The van der Waals surface area contributed by atoms with Crippen LogP contribution in [0.4, 0.5) is 11.4 Å². The third kappa shape index (κ3) is 25.0. The highest BCUT2D eigenvalue weighted by Gasteiger charge is 2.41. The number of amides is 9. The lowest BCUT2D eigenvalue weighted by atomic mass is 9.84. The van der Waals surface area contributed by atoms with Crippen molar-refractivity contribution in [3.8, 4) is 0 Å². The minimum absolute atomic E-state index is 0.0102. The molecule has 566 valence electrons. The summed E-state index contributed by atoms with van der Waals surface area (Å²) in [5.41, 5.74) is 5.17. The fourth-order valence-corrected chi connectivity index (χ4v) is 13.6. The molecular formula is C79H105N11O14S. The Morgan fingerprint density at radius 3 is 2.10 bits per heavy atom. The quantitative estimate of drug-likeness (QED) is 0.0104. The number of hydrogen-bond donors (Lipinski definition) is 8. The van der Waals surface area contributed by atoms with Gasteiger partial charge in [0.25, 0.3) is 11.8 Å². The van der Waals surface area contributed by atoms with Crippen molar-refractivity contribution in [1.29, 1.82) is 0 Å². The van der Waals surface area contributed by atoms with Gasteiger partial charge in [0.2, 0.25) is 41.4 Å². The number of anilines is 2. The van der Waals surface area contributed by atoms with Gasteiger partial charge in [-0.2, -0.15) is 0 Å². The molecule has 8 N–H and O–H groups in total. The number of nitrogens with zero attached hydrogens (tertiary/aromatic N) is 4. The van der Waals surface area contributed by atoms with Crippen LogP contribution in [0.15, 0.2) is 109 Å². The number of carboxylic acid groups (broad SMARTS) is 1. The van der Waals surface area contributed by atoms with Gasteiger partial charge < -0.3 is 52.0 Å². The Bertz CT molecular complexity index is 3840. The number of carbonyl (C=O) groups is 11. The second kappa shape index (κ2) is 40.6. The lowest BCUT2D eigenvalue weighted by molar-refractivity contribution is -0.213. The average Bonchev–Trinajstić information content (AvgIpc) is 1.15. The number of carbonyl (C=O) groups excluding carboxylic acids is 10. The molecule has 2 aliphatic heterocycles. The molecule has 3 heterocycles. The number of fused-ring (bicyclic) bond motifs is 2. The van der Waals surface area contributed by atoms with E-state index in [1.54, 1.807) is 73.3 Å². The number of likely N-dealkylation sites (tertiary alicyclic amines) is 1. The topological polar surface area (TPSA) is 333 Å². The van der Waals surface area contributed by atoms with Crippen LogP contribution in [0.1, 0.15) is 189 Å². The number of allylic oxidation sites excluding steroid dienone is 1. The Morgan fingerprint density at radius 2 is 1.42 bits per heavy atom. The number of thiazole rings is 1. The molecule has 0 bridgehead atoms. The monoisotopic (exact) mass is 1460 g/mol. The van der Waals surface area contributed by atoms with Gasteiger partial charge in [-0.25, -0.2) is 10.0 Å². The number of rotatable bonds is 38. The third-order valence-corrected chi connectivity index (χ3v) is 20.0. The van der Waals surface area contributed by atoms with Crippen molar-refractivity contribution >= 4 is 99.5 Å². The number of unbranched alkanes of at least 4 members (excludes halogenated alkanes) is 2. The molecule has 1 saturated heterocycles. The maximum absolute atomic E-state index is 15.0. The van der Waals surface area contributed by atoms with E-state index >= 15 is 0 Å². The largest absolute Gasteiger partial charge is 0.481 e. The number of aliphatic carboxylic acids is 1. The molecule has 1 aromatic heterocycles. The molecule has 0 unspecified atom stereocenters. The predicted octanol–water partition coefficient (Wildman–Crippen LogP) is 9.26. The molecule has 0 spiro atoms. The first-order valence-corrected chi connectivity index (χ1v) is 37.4. The summed E-state index contributed by atoms with van der Waals surface area (Å²) in [6.07, 6.45) is 7.30. The Morgan fingerprint density at radius 1 is 0.743 bits per heavy atom. The van der Waals surface area contributed by atoms with E-state index in [1.807, 2.05) is 88.2 Å². The first-order chi connectivity index (χ1) is 50.2. The molecule has 4 aromatic carbocycles. The average molecular weight is 1460 g/mol. The number of likely N-dealkylation sites (N-methyl/N-ethyl adjacent to an activating group) is 1. The zero-order valence-corrected chi connectivity index (χ0v) is 63.0. The van der Waals surface area contributed by atoms with E-state index in [0.29, 0.717) is 42.6 Å². The van der Waals surface area contributed by atoms with E-state index in [0.717, 1.165) is 77.9 Å². The first-order valence-electron chi connectivity index (χ1n) is 36.5. The summed E-state index contributed by atoms with van der Waals surface area (Å²) in [6, 6.07) is 27.0. The third-order valence-electron chi connectivity index (χ3n) is 19.0. The van der Waals surface area contributed by atoms with E-state index in [1.165, 1.54) is 17.4 Å². The lowest BCUT2D eigenvalue weighted by Crippen LogP contribution is -2.58. The maximum Gasteiger partial charge on any atom is 0.309 e. The van der Waals surface area contributed by atoms with Gasteiger partial charge in [0.15, 0.2) is 6.10 Å². The number of piperidine rings is 1. The second-order valence-corrected chi connectivity index (χ2v) is 29.0. The molecule has 0 saturated carbocycles. The maximum atomic E-state index is 15.0. The summed E-state index contributed by atoms with van der Waals surface area (Å²) in [7, 11) is 1.91. The van der Waals surface area contributed by atoms with Gasteiger partial charge in [-0.05, 0) is 135 Å². The standard InChI is InChI=1S/C79H105N11O14S/c1-11-14-24-39-103-90(77(100)72(51(6)12-2)87-75(99)64-31-22-23-38-88(64)10)65(50(4)5)43-66(104-52(7)91)76-86-62(49-105-76)74(98)84-59(44-79(8,9)78(101)102)40-54-32-34-58(35-33-54)83-69(94)47-82-73(97)61(41-53-25-16-15-17-26-53)85-70(95)46-81-68(93)45-80-67(92)36-37-71(96)89-48-57-28-18-20-29-60(57)55(13-3)42-56-27-19-21-30-63(56)89/h15-21,25-30,32-35,42,49-51,59,61,64-66,72H,11-14,22-24,31,36-41,43-48H2,1-10H3,(H,80,92)(H,81,93)(H,82,97)(H,83,94)(H,84,98)(H,85,95)(H,87,99)(H,101,102)/b55-42-/t51-,59-,61-,64+,65+,66+,72-/m0/s1. The molecule has 7 atom stereocenters. The van der Waals surface area contributed by atoms with Crippen LogP contribution in [-0.4, -0.2) is 155 Å². The highest BCUT2D eigenvalue weighted by molar-refractivity contribution is 7.09. The van der Waals surface area contributed by atoms with E-state index in [-0.39, 0.29) is 85.5 Å². The minimum atomic E-state index is -1.31. The zero-order chi connectivity index (χ0) is 76.3. The first kappa shape index (κ1) is 82.6. The predicted molar refractivity (Wildman–Crippen MR) is 402 cm³/mol. The normalized spacial score (nSPS) is 15.9. The highest BCUT2D eigenvalue weighted by atomic mass is 32.1. The van der Waals surface area contributed by atoms with Crippen molar-refractivity contribution in [1.82, 2.24) is 46.8 Å². The van der Waals surface area contributed by atoms with Crippen molar-refractivity contribution < 1.29 is 67.4 Å². The zero-order valence-electron chi connectivity index (χ0n) is 62.2. The summed E-state index contributed by atoms with van der Waals surface area (Å²) in [5.74, 6) is -7.04. The summed E-state index contributed by atoms with van der Waals surface area (Å²) < 4.78 is 5.94. The van der Waals surface area contributed by atoms with Gasteiger partial charge in [0.1, 0.15) is 22.8 Å². The van der Waals surface area contributed by atoms with Crippen LogP contribution in [0.25, 0.3) is 11.6 Å². The number of esters is 1. The smallest absolute Gasteiger partial charge is 0.309 e. The van der Waals surface area contributed by atoms with Crippen LogP contribution in [-0.2, 0) is 76.9 Å². The number of hydrogen-bond acceptors (Lipinski definition) is 16. The fourth-order valence-electron chi connectivity index (χ4n) is 12.8. The summed E-state index contributed by atoms with van der Waals surface area (Å²) in [4.78, 5) is 163. The van der Waals surface area contributed by atoms with Crippen LogP contribution in [0, 0.1) is 17.3 Å². The number of aromatic nitrogens is 1. The molecule has 26 heteroatoms. The lowest BCUT2D eigenvalue weighted by Gasteiger charge is -2.39. The van der Waals surface area contributed by atoms with Crippen molar-refractivity contribution in [3.63, 3.8) is 0 Å². The van der Waals surface area contributed by atoms with Crippen LogP contribution in [0.3, 0.4) is 0 Å². The van der Waals surface area contributed by atoms with Crippen LogP contribution in [0.5, 0.6) is 0 Å². The molecule has 0 radical (unpaired) electrons. The Kier molecular flexibility index (Phi) is 31.9. The van der Waals surface area contributed by atoms with Gasteiger partial charge in [0, 0.05) is 49.7 Å². The number of ether oxygens (including phenoxy) is 1. The molecule has 2 aliphatic rings. The number of para-hydroxylation sites is 1. The Hall–Kier alpha value is -9.66. The fraction of sp³-hybridized carbons (Fsp3) is 0.494. The van der Waals surface area contributed by atoms with Crippen molar-refractivity contribution in [2.24, 2.45) is 17.3 Å². The molecule has 9 amide bonds. The summed E-state index contributed by atoms with van der Waals surface area (Å²) in [6.45, 7) is 16.0. The van der Waals surface area contributed by atoms with E-state index in [9.17, 15) is 57.8 Å².